The van der Waals surface area contributed by atoms with Crippen LogP contribution in [0, 0.1) is 11.3 Å². The summed E-state index contributed by atoms with van der Waals surface area (Å²) in [6, 6.07) is 7.28. The van der Waals surface area contributed by atoms with Crippen molar-refractivity contribution in [1.29, 1.82) is 0 Å². The Morgan fingerprint density at radius 1 is 1.12 bits per heavy atom. The molecule has 5 nitrogen and oxygen atoms in total. The van der Waals surface area contributed by atoms with Gasteiger partial charge in [-0.25, -0.2) is 4.79 Å². The molecule has 1 unspecified atom stereocenters. The summed E-state index contributed by atoms with van der Waals surface area (Å²) in [6.45, 7) is 10.3. The van der Waals surface area contributed by atoms with E-state index >= 15 is 0 Å². The lowest BCUT2D eigenvalue weighted by molar-refractivity contribution is -0.132. The fourth-order valence-corrected chi connectivity index (χ4v) is 4.23. The van der Waals surface area contributed by atoms with Gasteiger partial charge in [0.05, 0.1) is 24.9 Å². The summed E-state index contributed by atoms with van der Waals surface area (Å²) in [6.07, 6.45) is 7.79. The zero-order valence-electron chi connectivity index (χ0n) is 20.2. The quantitative estimate of drug-likeness (QED) is 0.246. The van der Waals surface area contributed by atoms with E-state index in [9.17, 15) is 14.7 Å². The largest absolute Gasteiger partial charge is 0.500 e. The summed E-state index contributed by atoms with van der Waals surface area (Å²) in [5, 5.41) is 9.69. The van der Waals surface area contributed by atoms with Crippen LogP contribution in [-0.2, 0) is 9.53 Å². The highest BCUT2D eigenvalue weighted by molar-refractivity contribution is 6.06. The fraction of sp³-hybridized carbons (Fsp3) is 0.481. The van der Waals surface area contributed by atoms with Gasteiger partial charge in [-0.2, -0.15) is 0 Å². The average Bonchev–Trinajstić information content (AvgIpc) is 2.75. The number of benzene rings is 1. The minimum Gasteiger partial charge on any atom is -0.500 e. The highest BCUT2D eigenvalue weighted by atomic mass is 16.5. The molecule has 1 N–H and O–H groups in total. The van der Waals surface area contributed by atoms with Gasteiger partial charge in [-0.05, 0) is 43.9 Å². The predicted octanol–water partition coefficient (Wildman–Crippen LogP) is 6.36. The number of carbonyl (C=O) groups excluding carboxylic acids is 1. The van der Waals surface area contributed by atoms with Gasteiger partial charge < -0.3 is 14.6 Å². The van der Waals surface area contributed by atoms with E-state index in [0.29, 0.717) is 29.3 Å². The zero-order valence-corrected chi connectivity index (χ0v) is 20.2. The third-order valence-electron chi connectivity index (χ3n) is 6.43. The molecule has 0 heterocycles. The van der Waals surface area contributed by atoms with Crippen LogP contribution in [0.3, 0.4) is 0 Å². The summed E-state index contributed by atoms with van der Waals surface area (Å²) in [5.74, 6) is -0.219. The molecule has 0 saturated carbocycles. The number of carboxylic acid groups (broad SMARTS) is 1. The maximum absolute atomic E-state index is 13.1. The van der Waals surface area contributed by atoms with E-state index in [-0.39, 0.29) is 17.3 Å². The third-order valence-corrected chi connectivity index (χ3v) is 6.43. The molecule has 1 aromatic carbocycles. The van der Waals surface area contributed by atoms with Gasteiger partial charge >= 0.3 is 5.97 Å². The molecule has 0 bridgehead atoms. The fourth-order valence-electron chi connectivity index (χ4n) is 4.23. The van der Waals surface area contributed by atoms with Crippen molar-refractivity contribution < 1.29 is 24.2 Å². The number of hydrogen-bond acceptors (Lipinski definition) is 4. The molecule has 2 rings (SSSR count). The van der Waals surface area contributed by atoms with Crippen molar-refractivity contribution in [3.63, 3.8) is 0 Å². The monoisotopic (exact) mass is 440 g/mol. The standard InChI is InChI=1S/C27H36O5/c1-7-8-9-12-17-32-23-14-11-10-13-20(23)22(28)16-15-21-25(31-6)18(2)24(26(29)30)19(3)27(21,4)5/h10-11,13-16,21H,7-9,12,17H2,1-6H3,(H,29,30). The number of carboxylic acids is 1. The highest BCUT2D eigenvalue weighted by Crippen LogP contribution is 2.48. The number of unbranched alkanes of at least 4 members (excludes halogenated alkanes) is 3. The van der Waals surface area contributed by atoms with Gasteiger partial charge in [0.15, 0.2) is 5.78 Å². The van der Waals surface area contributed by atoms with E-state index in [4.69, 9.17) is 9.47 Å². The molecule has 0 fully saturated rings. The number of allylic oxidation sites excluding steroid dienone is 3. The van der Waals surface area contributed by atoms with E-state index in [2.05, 4.69) is 6.92 Å². The van der Waals surface area contributed by atoms with Crippen molar-refractivity contribution in [2.75, 3.05) is 13.7 Å². The topological polar surface area (TPSA) is 72.8 Å². The Bertz CT molecular complexity index is 933. The molecule has 1 aliphatic rings. The minimum atomic E-state index is -0.967. The van der Waals surface area contributed by atoms with Gasteiger partial charge in [0.2, 0.25) is 0 Å². The van der Waals surface area contributed by atoms with E-state index < -0.39 is 11.4 Å². The number of carbonyl (C=O) groups is 2. The molecule has 174 valence electrons. The highest BCUT2D eigenvalue weighted by Gasteiger charge is 2.41. The van der Waals surface area contributed by atoms with Crippen LogP contribution in [0.25, 0.3) is 0 Å². The summed E-state index contributed by atoms with van der Waals surface area (Å²) in [5.41, 5.74) is 1.64. The zero-order chi connectivity index (χ0) is 23.9. The number of rotatable bonds is 11. The van der Waals surface area contributed by atoms with E-state index in [0.717, 1.165) is 24.8 Å². The molecule has 0 spiro atoms. The van der Waals surface area contributed by atoms with Gasteiger partial charge in [-0.15, -0.1) is 0 Å². The van der Waals surface area contributed by atoms with Crippen molar-refractivity contribution >= 4 is 11.8 Å². The van der Waals surface area contributed by atoms with E-state index in [1.807, 2.05) is 45.0 Å². The first-order valence-corrected chi connectivity index (χ1v) is 11.3. The second-order valence-electron chi connectivity index (χ2n) is 8.83. The molecular formula is C27H36O5. The van der Waals surface area contributed by atoms with Crippen molar-refractivity contribution in [1.82, 2.24) is 0 Å². The van der Waals surface area contributed by atoms with Crippen molar-refractivity contribution in [3.8, 4) is 5.75 Å². The molecule has 0 aromatic heterocycles. The number of ketones is 1. The molecule has 1 aromatic rings. The van der Waals surface area contributed by atoms with Gasteiger partial charge in [-0.1, -0.05) is 63.8 Å². The normalized spacial score (nSPS) is 18.2. The summed E-state index contributed by atoms with van der Waals surface area (Å²) in [4.78, 5) is 24.9. The second kappa shape index (κ2) is 11.2. The lowest BCUT2D eigenvalue weighted by atomic mass is 9.66. The van der Waals surface area contributed by atoms with Gasteiger partial charge in [0.25, 0.3) is 0 Å². The van der Waals surface area contributed by atoms with Gasteiger partial charge in [0.1, 0.15) is 11.5 Å². The van der Waals surface area contributed by atoms with Crippen LogP contribution in [0.5, 0.6) is 5.75 Å². The molecule has 1 atom stereocenters. The van der Waals surface area contributed by atoms with Crippen molar-refractivity contribution in [3.05, 3.63) is 64.5 Å². The molecule has 0 amide bonds. The lowest BCUT2D eigenvalue weighted by Gasteiger charge is -2.40. The van der Waals surface area contributed by atoms with Crippen molar-refractivity contribution in [2.24, 2.45) is 11.3 Å². The lowest BCUT2D eigenvalue weighted by Crippen LogP contribution is -2.33. The number of ether oxygens (including phenoxy) is 2. The maximum atomic E-state index is 13.1. The molecule has 0 aliphatic heterocycles. The predicted molar refractivity (Wildman–Crippen MR) is 127 cm³/mol. The number of para-hydroxylation sites is 1. The Hall–Kier alpha value is -2.82. The van der Waals surface area contributed by atoms with Crippen LogP contribution >= 0.6 is 0 Å². The Balaban J connectivity index is 2.28. The number of aliphatic carboxylic acids is 1. The molecule has 5 heteroatoms. The van der Waals surface area contributed by atoms with Crippen LogP contribution in [0.2, 0.25) is 0 Å². The van der Waals surface area contributed by atoms with Gasteiger partial charge in [-0.3, -0.25) is 4.79 Å². The molecule has 0 radical (unpaired) electrons. The first-order valence-electron chi connectivity index (χ1n) is 11.3. The van der Waals surface area contributed by atoms with Crippen LogP contribution < -0.4 is 4.74 Å². The first-order chi connectivity index (χ1) is 15.2. The Morgan fingerprint density at radius 2 is 1.81 bits per heavy atom. The SMILES string of the molecule is CCCCCCOc1ccccc1C(=O)C=CC1C(OC)=C(C)C(C(=O)O)=C(C)C1(C)C. The van der Waals surface area contributed by atoms with Gasteiger partial charge in [0, 0.05) is 11.5 Å². The van der Waals surface area contributed by atoms with Crippen LogP contribution in [0.1, 0.15) is 70.7 Å². The van der Waals surface area contributed by atoms with Crippen LogP contribution in [-0.4, -0.2) is 30.6 Å². The first kappa shape index (κ1) is 25.4. The minimum absolute atomic E-state index is 0.149. The van der Waals surface area contributed by atoms with E-state index in [1.165, 1.54) is 6.42 Å². The molecule has 0 saturated heterocycles. The van der Waals surface area contributed by atoms with Crippen LogP contribution in [0.15, 0.2) is 58.9 Å². The Morgan fingerprint density at radius 3 is 2.44 bits per heavy atom. The second-order valence-corrected chi connectivity index (χ2v) is 8.83. The Labute approximate surface area is 191 Å². The smallest absolute Gasteiger partial charge is 0.336 e. The molecular weight excluding hydrogens is 404 g/mol. The number of hydrogen-bond donors (Lipinski definition) is 1. The summed E-state index contributed by atoms with van der Waals surface area (Å²) < 4.78 is 11.5. The van der Waals surface area contributed by atoms with E-state index in [1.54, 1.807) is 26.2 Å². The van der Waals surface area contributed by atoms with Crippen LogP contribution in [0.4, 0.5) is 0 Å². The summed E-state index contributed by atoms with van der Waals surface area (Å²) >= 11 is 0. The molecule has 32 heavy (non-hydrogen) atoms. The Kier molecular flexibility index (Phi) is 8.88. The van der Waals surface area contributed by atoms with Crippen molar-refractivity contribution in [2.45, 2.75) is 60.3 Å². The average molecular weight is 441 g/mol. The number of methoxy groups -OCH3 is 1. The molecule has 1 aliphatic carbocycles. The summed E-state index contributed by atoms with van der Waals surface area (Å²) in [7, 11) is 1.54. The maximum Gasteiger partial charge on any atom is 0.336 e. The third kappa shape index (κ3) is 5.50.